The first-order valence-corrected chi connectivity index (χ1v) is 5.81. The summed E-state index contributed by atoms with van der Waals surface area (Å²) in [5.74, 6) is 0.698. The van der Waals surface area contributed by atoms with Gasteiger partial charge in [-0.05, 0) is 38.1 Å². The molecule has 96 valence electrons. The second-order valence-corrected chi connectivity index (χ2v) is 3.99. The largest absolute Gasteiger partial charge is 0.494 e. The zero-order valence-electron chi connectivity index (χ0n) is 10.5. The van der Waals surface area contributed by atoms with E-state index in [0.717, 1.165) is 0 Å². The summed E-state index contributed by atoms with van der Waals surface area (Å²) in [7, 11) is 0. The van der Waals surface area contributed by atoms with Crippen LogP contribution in [-0.4, -0.2) is 19.6 Å². The molecule has 0 aliphatic heterocycles. The minimum atomic E-state index is -2.46. The van der Waals surface area contributed by atoms with Gasteiger partial charge in [0.1, 0.15) is 11.3 Å². The van der Waals surface area contributed by atoms with E-state index >= 15 is 0 Å². The van der Waals surface area contributed by atoms with Crippen LogP contribution in [0.15, 0.2) is 24.3 Å². The van der Waals surface area contributed by atoms with Crippen molar-refractivity contribution in [3.05, 3.63) is 29.8 Å². The van der Waals surface area contributed by atoms with Gasteiger partial charge in [-0.3, -0.25) is 0 Å². The van der Waals surface area contributed by atoms with Gasteiger partial charge in [0.25, 0.3) is 6.43 Å². The maximum absolute atomic E-state index is 13.1. The van der Waals surface area contributed by atoms with Crippen LogP contribution in [0.1, 0.15) is 26.3 Å². The van der Waals surface area contributed by atoms with Crippen LogP contribution in [0, 0.1) is 0 Å². The Morgan fingerprint density at radius 2 is 1.82 bits per heavy atom. The Balaban J connectivity index is 2.95. The molecule has 0 aliphatic rings. The van der Waals surface area contributed by atoms with Crippen molar-refractivity contribution in [1.29, 1.82) is 0 Å². The Labute approximate surface area is 101 Å². The van der Waals surface area contributed by atoms with E-state index in [2.05, 4.69) is 5.32 Å². The SMILES string of the molecule is CCNC(C)(c1ccc(OCC)cc1)C(F)F. The van der Waals surface area contributed by atoms with E-state index in [1.54, 1.807) is 24.3 Å². The second kappa shape index (κ2) is 5.96. The number of ether oxygens (including phenoxy) is 1. The van der Waals surface area contributed by atoms with E-state index in [0.29, 0.717) is 24.5 Å². The van der Waals surface area contributed by atoms with Gasteiger partial charge in [0.2, 0.25) is 0 Å². The van der Waals surface area contributed by atoms with Crippen LogP contribution in [0.3, 0.4) is 0 Å². The van der Waals surface area contributed by atoms with E-state index in [1.165, 1.54) is 6.92 Å². The quantitative estimate of drug-likeness (QED) is 0.828. The molecule has 1 aromatic rings. The first kappa shape index (κ1) is 13.9. The van der Waals surface area contributed by atoms with E-state index in [9.17, 15) is 8.78 Å². The van der Waals surface area contributed by atoms with E-state index in [-0.39, 0.29) is 0 Å². The van der Waals surface area contributed by atoms with Gasteiger partial charge >= 0.3 is 0 Å². The van der Waals surface area contributed by atoms with Crippen LogP contribution in [0.25, 0.3) is 0 Å². The standard InChI is InChI=1S/C13H19F2NO/c1-4-16-13(3,12(14)15)10-6-8-11(9-7-10)17-5-2/h6-9,12,16H,4-5H2,1-3H3. The molecule has 4 heteroatoms. The molecule has 1 atom stereocenters. The molecule has 1 unspecified atom stereocenters. The monoisotopic (exact) mass is 243 g/mol. The minimum absolute atomic E-state index is 0.494. The molecule has 1 aromatic carbocycles. The number of hydrogen-bond donors (Lipinski definition) is 1. The molecule has 0 fully saturated rings. The molecule has 0 heterocycles. The smallest absolute Gasteiger partial charge is 0.260 e. The summed E-state index contributed by atoms with van der Waals surface area (Å²) in [5, 5.41) is 2.84. The molecule has 1 rings (SSSR count). The first-order valence-electron chi connectivity index (χ1n) is 5.81. The Morgan fingerprint density at radius 3 is 2.24 bits per heavy atom. The summed E-state index contributed by atoms with van der Waals surface area (Å²) < 4.78 is 31.5. The summed E-state index contributed by atoms with van der Waals surface area (Å²) in [6.07, 6.45) is -2.46. The molecule has 0 saturated carbocycles. The minimum Gasteiger partial charge on any atom is -0.494 e. The molecule has 0 spiro atoms. The zero-order valence-corrected chi connectivity index (χ0v) is 10.5. The molecule has 0 aliphatic carbocycles. The lowest BCUT2D eigenvalue weighted by atomic mass is 9.92. The third-order valence-corrected chi connectivity index (χ3v) is 2.75. The van der Waals surface area contributed by atoms with E-state index in [1.807, 2.05) is 13.8 Å². The molecule has 0 radical (unpaired) electrons. The summed E-state index contributed by atoms with van der Waals surface area (Å²) in [6.45, 7) is 6.27. The van der Waals surface area contributed by atoms with Crippen molar-refractivity contribution in [3.63, 3.8) is 0 Å². The van der Waals surface area contributed by atoms with Crippen LogP contribution >= 0.6 is 0 Å². The Bertz CT molecular complexity index is 340. The third kappa shape index (κ3) is 3.16. The first-order chi connectivity index (χ1) is 8.04. The van der Waals surface area contributed by atoms with Gasteiger partial charge in [0, 0.05) is 0 Å². The van der Waals surface area contributed by atoms with Gasteiger partial charge in [0.05, 0.1) is 6.61 Å². The van der Waals surface area contributed by atoms with Crippen molar-refractivity contribution in [1.82, 2.24) is 5.32 Å². The van der Waals surface area contributed by atoms with Gasteiger partial charge in [-0.1, -0.05) is 19.1 Å². The lowest BCUT2D eigenvalue weighted by molar-refractivity contribution is 0.0394. The highest BCUT2D eigenvalue weighted by molar-refractivity contribution is 5.32. The highest BCUT2D eigenvalue weighted by atomic mass is 19.3. The molecular formula is C13H19F2NO. The summed E-state index contributed by atoms with van der Waals surface area (Å²) in [4.78, 5) is 0. The summed E-state index contributed by atoms with van der Waals surface area (Å²) >= 11 is 0. The zero-order chi connectivity index (χ0) is 12.9. The Kier molecular flexibility index (Phi) is 4.87. The Hall–Kier alpha value is -1.16. The predicted molar refractivity (Wildman–Crippen MR) is 64.6 cm³/mol. The fourth-order valence-corrected chi connectivity index (χ4v) is 1.74. The third-order valence-electron chi connectivity index (χ3n) is 2.75. The van der Waals surface area contributed by atoms with Gasteiger partial charge in [0.15, 0.2) is 0 Å². The molecule has 0 aromatic heterocycles. The van der Waals surface area contributed by atoms with Gasteiger partial charge < -0.3 is 10.1 Å². The molecule has 0 amide bonds. The molecule has 0 saturated heterocycles. The van der Waals surface area contributed by atoms with Crippen molar-refractivity contribution >= 4 is 0 Å². The molecule has 0 bridgehead atoms. The lowest BCUT2D eigenvalue weighted by Crippen LogP contribution is -2.45. The number of rotatable bonds is 6. The number of hydrogen-bond acceptors (Lipinski definition) is 2. The van der Waals surface area contributed by atoms with Gasteiger partial charge in [-0.2, -0.15) is 0 Å². The van der Waals surface area contributed by atoms with Crippen molar-refractivity contribution in [2.75, 3.05) is 13.2 Å². The topological polar surface area (TPSA) is 21.3 Å². The second-order valence-electron chi connectivity index (χ2n) is 3.99. The number of halogens is 2. The average molecular weight is 243 g/mol. The summed E-state index contributed by atoms with van der Waals surface area (Å²) in [6, 6.07) is 6.80. The van der Waals surface area contributed by atoms with Crippen LogP contribution in [-0.2, 0) is 5.54 Å². The lowest BCUT2D eigenvalue weighted by Gasteiger charge is -2.30. The predicted octanol–water partition coefficient (Wildman–Crippen LogP) is 3.18. The maximum Gasteiger partial charge on any atom is 0.260 e. The van der Waals surface area contributed by atoms with E-state index in [4.69, 9.17) is 4.74 Å². The Morgan fingerprint density at radius 1 is 1.24 bits per heavy atom. The van der Waals surface area contributed by atoms with E-state index < -0.39 is 12.0 Å². The van der Waals surface area contributed by atoms with Crippen LogP contribution < -0.4 is 10.1 Å². The van der Waals surface area contributed by atoms with Gasteiger partial charge in [-0.15, -0.1) is 0 Å². The normalized spacial score (nSPS) is 14.7. The highest BCUT2D eigenvalue weighted by Crippen LogP contribution is 2.29. The van der Waals surface area contributed by atoms with Crippen LogP contribution in [0.5, 0.6) is 5.75 Å². The van der Waals surface area contributed by atoms with Crippen LogP contribution in [0.4, 0.5) is 8.78 Å². The maximum atomic E-state index is 13.1. The van der Waals surface area contributed by atoms with Crippen LogP contribution in [0.2, 0.25) is 0 Å². The van der Waals surface area contributed by atoms with Gasteiger partial charge in [-0.25, -0.2) is 8.78 Å². The van der Waals surface area contributed by atoms with Crippen molar-refractivity contribution in [3.8, 4) is 5.75 Å². The van der Waals surface area contributed by atoms with Crippen molar-refractivity contribution < 1.29 is 13.5 Å². The molecular weight excluding hydrogens is 224 g/mol. The fourth-order valence-electron chi connectivity index (χ4n) is 1.74. The number of alkyl halides is 2. The van der Waals surface area contributed by atoms with Crippen molar-refractivity contribution in [2.24, 2.45) is 0 Å². The van der Waals surface area contributed by atoms with Crippen molar-refractivity contribution in [2.45, 2.75) is 32.7 Å². The molecule has 2 nitrogen and oxygen atoms in total. The fraction of sp³-hybridized carbons (Fsp3) is 0.538. The highest BCUT2D eigenvalue weighted by Gasteiger charge is 2.35. The molecule has 17 heavy (non-hydrogen) atoms. The number of benzene rings is 1. The molecule has 1 N–H and O–H groups in total. The average Bonchev–Trinajstić information content (AvgIpc) is 2.30. The number of nitrogens with one attached hydrogen (secondary N) is 1. The summed E-state index contributed by atoms with van der Waals surface area (Å²) in [5.41, 5.74) is -0.739.